The van der Waals surface area contributed by atoms with Gasteiger partial charge in [-0.3, -0.25) is 9.36 Å². The van der Waals surface area contributed by atoms with Crippen LogP contribution >= 0.6 is 22.6 Å². The van der Waals surface area contributed by atoms with Crippen molar-refractivity contribution in [1.29, 1.82) is 0 Å². The normalized spacial score (nSPS) is 10.7. The highest BCUT2D eigenvalue weighted by atomic mass is 127. The fraction of sp³-hybridized carbons (Fsp3) is 0.333. The van der Waals surface area contributed by atoms with Crippen LogP contribution in [-0.4, -0.2) is 16.0 Å². The van der Waals surface area contributed by atoms with Crippen molar-refractivity contribution in [2.75, 3.05) is 0 Å². The zero-order chi connectivity index (χ0) is 9.14. The fourth-order valence-electron chi connectivity index (χ4n) is 0.703. The van der Waals surface area contributed by atoms with E-state index in [-0.39, 0.29) is 0 Å². The van der Waals surface area contributed by atoms with Crippen LogP contribution in [0.3, 0.4) is 0 Å². The molecule has 3 nitrogen and oxygen atoms in total. The molecule has 12 heavy (non-hydrogen) atoms. The quantitative estimate of drug-likeness (QED) is 0.763. The van der Waals surface area contributed by atoms with E-state index in [1.165, 1.54) is 6.20 Å². The molecular formula is C6H5F2IN2O. The minimum absolute atomic E-state index is 0.343. The van der Waals surface area contributed by atoms with Crippen LogP contribution in [0.5, 0.6) is 0 Å². The van der Waals surface area contributed by atoms with E-state index in [0.717, 1.165) is 10.9 Å². The first-order chi connectivity index (χ1) is 5.61. The number of alkyl halides is 2. The maximum absolute atomic E-state index is 11.8. The molecule has 0 aromatic carbocycles. The lowest BCUT2D eigenvalue weighted by molar-refractivity contribution is 0.124. The van der Waals surface area contributed by atoms with E-state index in [1.54, 1.807) is 22.6 Å². The van der Waals surface area contributed by atoms with E-state index >= 15 is 0 Å². The van der Waals surface area contributed by atoms with Gasteiger partial charge in [0.05, 0.1) is 16.4 Å². The van der Waals surface area contributed by atoms with Crippen molar-refractivity contribution in [2.45, 2.75) is 13.0 Å². The van der Waals surface area contributed by atoms with Gasteiger partial charge in [0, 0.05) is 6.20 Å². The predicted molar refractivity (Wildman–Crippen MR) is 47.2 cm³/mol. The molecule has 0 unspecified atom stereocenters. The fourth-order valence-corrected chi connectivity index (χ4v) is 1.17. The Balaban J connectivity index is 3.01. The summed E-state index contributed by atoms with van der Waals surface area (Å²) in [4.78, 5) is 14.7. The molecule has 1 aromatic rings. The second kappa shape index (κ2) is 3.92. The standard InChI is InChI=1S/C6H5F2IN2O/c7-5(8)2-11-3-10-1-4(9)6(11)12/h1,3,5H,2H2. The third kappa shape index (κ3) is 2.23. The van der Waals surface area contributed by atoms with Crippen molar-refractivity contribution in [1.82, 2.24) is 9.55 Å². The van der Waals surface area contributed by atoms with Crippen molar-refractivity contribution >= 4 is 22.6 Å². The highest BCUT2D eigenvalue weighted by molar-refractivity contribution is 14.1. The van der Waals surface area contributed by atoms with Gasteiger partial charge in [-0.2, -0.15) is 0 Å². The van der Waals surface area contributed by atoms with Crippen molar-refractivity contribution in [3.05, 3.63) is 26.4 Å². The smallest absolute Gasteiger partial charge is 0.266 e. The van der Waals surface area contributed by atoms with Gasteiger partial charge in [-0.05, 0) is 22.6 Å². The molecular weight excluding hydrogens is 281 g/mol. The Kier molecular flexibility index (Phi) is 3.12. The largest absolute Gasteiger partial charge is 0.293 e. The summed E-state index contributed by atoms with van der Waals surface area (Å²) in [5.74, 6) is 0. The molecule has 0 saturated heterocycles. The number of rotatable bonds is 2. The van der Waals surface area contributed by atoms with Crippen LogP contribution in [0.25, 0.3) is 0 Å². The summed E-state index contributed by atoms with van der Waals surface area (Å²) in [7, 11) is 0. The van der Waals surface area contributed by atoms with E-state index in [0.29, 0.717) is 3.57 Å². The molecule has 6 heteroatoms. The maximum Gasteiger partial charge on any atom is 0.266 e. The number of hydrogen-bond acceptors (Lipinski definition) is 2. The lowest BCUT2D eigenvalue weighted by Crippen LogP contribution is -2.25. The number of nitrogens with zero attached hydrogens (tertiary/aromatic N) is 2. The first-order valence-corrected chi connectivity index (χ1v) is 4.17. The van der Waals surface area contributed by atoms with Gasteiger partial charge in [0.15, 0.2) is 0 Å². The average molecular weight is 286 g/mol. The molecule has 0 amide bonds. The lowest BCUT2D eigenvalue weighted by Gasteiger charge is -2.02. The predicted octanol–water partition coefficient (Wildman–Crippen LogP) is 1.11. The summed E-state index contributed by atoms with van der Waals surface area (Å²) in [6.07, 6.45) is -0.0793. The van der Waals surface area contributed by atoms with Crippen LogP contribution < -0.4 is 5.56 Å². The van der Waals surface area contributed by atoms with Crippen LogP contribution in [-0.2, 0) is 6.54 Å². The Bertz CT molecular complexity index is 326. The van der Waals surface area contributed by atoms with E-state index in [9.17, 15) is 13.6 Å². The first kappa shape index (κ1) is 9.56. The zero-order valence-corrected chi connectivity index (χ0v) is 8.03. The SMILES string of the molecule is O=c1c(I)cncn1CC(F)F. The minimum atomic E-state index is -2.53. The molecule has 0 saturated carbocycles. The number of halogens is 3. The summed E-state index contributed by atoms with van der Waals surface area (Å²) in [5, 5.41) is 0. The average Bonchev–Trinajstić information content (AvgIpc) is 1.98. The second-order valence-electron chi connectivity index (χ2n) is 2.09. The van der Waals surface area contributed by atoms with Crippen LogP contribution in [0.2, 0.25) is 0 Å². The summed E-state index contributed by atoms with van der Waals surface area (Å²) < 4.78 is 24.9. The van der Waals surface area contributed by atoms with Crippen molar-refractivity contribution < 1.29 is 8.78 Å². The van der Waals surface area contributed by atoms with Gasteiger partial charge in [-0.15, -0.1) is 0 Å². The Hall–Kier alpha value is -0.530. The Labute approximate surface area is 80.6 Å². The van der Waals surface area contributed by atoms with Gasteiger partial charge in [0.2, 0.25) is 0 Å². The van der Waals surface area contributed by atoms with Crippen LogP contribution in [0.15, 0.2) is 17.3 Å². The minimum Gasteiger partial charge on any atom is -0.293 e. The van der Waals surface area contributed by atoms with E-state index in [1.807, 2.05) is 0 Å². The molecule has 0 N–H and O–H groups in total. The lowest BCUT2D eigenvalue weighted by atomic mass is 10.6. The zero-order valence-electron chi connectivity index (χ0n) is 5.88. The van der Waals surface area contributed by atoms with Crippen molar-refractivity contribution in [3.63, 3.8) is 0 Å². The second-order valence-corrected chi connectivity index (χ2v) is 3.25. The molecule has 0 spiro atoms. The Morgan fingerprint density at radius 2 is 2.33 bits per heavy atom. The first-order valence-electron chi connectivity index (χ1n) is 3.09. The monoisotopic (exact) mass is 286 g/mol. The van der Waals surface area contributed by atoms with Crippen molar-refractivity contribution in [3.8, 4) is 0 Å². The Morgan fingerprint density at radius 1 is 1.67 bits per heavy atom. The molecule has 0 bridgehead atoms. The van der Waals surface area contributed by atoms with Crippen LogP contribution in [0.1, 0.15) is 0 Å². The van der Waals surface area contributed by atoms with E-state index < -0.39 is 18.5 Å². The summed E-state index contributed by atoms with van der Waals surface area (Å²) in [6.45, 7) is -0.595. The third-order valence-electron chi connectivity index (χ3n) is 1.19. The van der Waals surface area contributed by atoms with E-state index in [4.69, 9.17) is 0 Å². The van der Waals surface area contributed by atoms with Gasteiger partial charge in [0.1, 0.15) is 0 Å². The number of hydrogen-bond donors (Lipinski definition) is 0. The van der Waals surface area contributed by atoms with Gasteiger partial charge in [-0.1, -0.05) is 0 Å². The molecule has 0 aliphatic carbocycles. The molecule has 0 aliphatic heterocycles. The molecule has 0 aliphatic rings. The molecule has 1 aromatic heterocycles. The summed E-state index contributed by atoms with van der Waals surface area (Å²) >= 11 is 1.76. The molecule has 66 valence electrons. The highest BCUT2D eigenvalue weighted by Gasteiger charge is 2.06. The number of aromatic nitrogens is 2. The van der Waals surface area contributed by atoms with Gasteiger partial charge in [-0.25, -0.2) is 13.8 Å². The molecule has 1 rings (SSSR count). The molecule has 0 fully saturated rings. The Morgan fingerprint density at radius 3 is 2.92 bits per heavy atom. The van der Waals surface area contributed by atoms with Gasteiger partial charge < -0.3 is 0 Å². The van der Waals surface area contributed by atoms with Crippen LogP contribution in [0.4, 0.5) is 8.78 Å². The summed E-state index contributed by atoms with van der Waals surface area (Å²) in [5.41, 5.74) is -0.425. The molecule has 1 heterocycles. The van der Waals surface area contributed by atoms with Crippen molar-refractivity contribution in [2.24, 2.45) is 0 Å². The van der Waals surface area contributed by atoms with E-state index in [2.05, 4.69) is 4.98 Å². The van der Waals surface area contributed by atoms with Gasteiger partial charge in [0.25, 0.3) is 12.0 Å². The third-order valence-corrected chi connectivity index (χ3v) is 1.93. The molecule has 0 radical (unpaired) electrons. The highest BCUT2D eigenvalue weighted by Crippen LogP contribution is 1.97. The topological polar surface area (TPSA) is 34.9 Å². The van der Waals surface area contributed by atoms with Gasteiger partial charge >= 0.3 is 0 Å². The summed E-state index contributed by atoms with van der Waals surface area (Å²) in [6, 6.07) is 0. The van der Waals surface area contributed by atoms with Crippen LogP contribution in [0, 0.1) is 3.57 Å². The maximum atomic E-state index is 11.8. The molecule has 0 atom stereocenters.